The number of ether oxygens (including phenoxy) is 2. The van der Waals surface area contributed by atoms with Gasteiger partial charge in [0.15, 0.2) is 0 Å². The summed E-state index contributed by atoms with van der Waals surface area (Å²) in [6.45, 7) is 4.84. The molecule has 0 aliphatic heterocycles. The van der Waals surface area contributed by atoms with Crippen molar-refractivity contribution in [2.75, 3.05) is 19.8 Å². The summed E-state index contributed by atoms with van der Waals surface area (Å²) in [5, 5.41) is 7.42. The van der Waals surface area contributed by atoms with Gasteiger partial charge in [-0.1, -0.05) is 25.1 Å². The molecule has 1 aromatic heterocycles. The molecule has 0 fully saturated rings. The molecule has 0 spiro atoms. The number of aromatic nitrogens is 3. The molecular formula is C15H22N4O2. The van der Waals surface area contributed by atoms with Crippen LogP contribution in [0, 0.1) is 0 Å². The van der Waals surface area contributed by atoms with E-state index in [1.165, 1.54) is 0 Å². The highest BCUT2D eigenvalue weighted by Crippen LogP contribution is 2.17. The van der Waals surface area contributed by atoms with Gasteiger partial charge in [-0.15, -0.1) is 5.10 Å². The number of hydrogen-bond donors (Lipinski definition) is 1. The van der Waals surface area contributed by atoms with E-state index in [4.69, 9.17) is 9.47 Å². The topological polar surface area (TPSA) is 61.2 Å². The van der Waals surface area contributed by atoms with Crippen LogP contribution in [0.3, 0.4) is 0 Å². The van der Waals surface area contributed by atoms with Crippen molar-refractivity contribution in [3.63, 3.8) is 0 Å². The summed E-state index contributed by atoms with van der Waals surface area (Å²) in [4.78, 5) is 3.99. The smallest absolute Gasteiger partial charge is 0.335 e. The van der Waals surface area contributed by atoms with Crippen LogP contribution in [-0.4, -0.2) is 34.5 Å². The monoisotopic (exact) mass is 290 g/mol. The first-order valence-corrected chi connectivity index (χ1v) is 7.19. The molecule has 0 aliphatic rings. The van der Waals surface area contributed by atoms with Crippen molar-refractivity contribution < 1.29 is 9.47 Å². The van der Waals surface area contributed by atoms with Crippen LogP contribution in [0.15, 0.2) is 30.6 Å². The molecular weight excluding hydrogens is 268 g/mol. The van der Waals surface area contributed by atoms with Crippen LogP contribution in [0.4, 0.5) is 0 Å². The first-order valence-electron chi connectivity index (χ1n) is 7.19. The number of nitrogens with one attached hydrogen (secondary N) is 1. The molecule has 2 rings (SSSR count). The van der Waals surface area contributed by atoms with Crippen LogP contribution in [0.2, 0.25) is 0 Å². The molecule has 6 nitrogen and oxygen atoms in total. The zero-order valence-electron chi connectivity index (χ0n) is 12.6. The van der Waals surface area contributed by atoms with Gasteiger partial charge in [0, 0.05) is 19.2 Å². The Balaban J connectivity index is 1.77. The molecule has 0 amide bonds. The molecule has 0 saturated carbocycles. The van der Waals surface area contributed by atoms with Gasteiger partial charge in [-0.3, -0.25) is 4.68 Å². The van der Waals surface area contributed by atoms with Gasteiger partial charge < -0.3 is 14.8 Å². The lowest BCUT2D eigenvalue weighted by Crippen LogP contribution is -2.16. The lowest BCUT2D eigenvalue weighted by atomic mass is 10.2. The van der Waals surface area contributed by atoms with Gasteiger partial charge in [0.2, 0.25) is 0 Å². The first kappa shape index (κ1) is 15.3. The third-order valence-electron chi connectivity index (χ3n) is 2.87. The van der Waals surface area contributed by atoms with E-state index in [0.29, 0.717) is 19.2 Å². The third-order valence-corrected chi connectivity index (χ3v) is 2.87. The van der Waals surface area contributed by atoms with E-state index >= 15 is 0 Å². The zero-order valence-corrected chi connectivity index (χ0v) is 12.6. The van der Waals surface area contributed by atoms with E-state index in [-0.39, 0.29) is 0 Å². The summed E-state index contributed by atoms with van der Waals surface area (Å²) < 4.78 is 12.8. The summed E-state index contributed by atoms with van der Waals surface area (Å²) in [6, 6.07) is 8.41. The van der Waals surface area contributed by atoms with Gasteiger partial charge in [-0.05, 0) is 19.0 Å². The lowest BCUT2D eigenvalue weighted by molar-refractivity contribution is 0.204. The molecule has 0 bridgehead atoms. The van der Waals surface area contributed by atoms with Crippen LogP contribution in [0.25, 0.3) is 0 Å². The van der Waals surface area contributed by atoms with Crippen molar-refractivity contribution in [1.82, 2.24) is 20.1 Å². The molecule has 6 heteroatoms. The lowest BCUT2D eigenvalue weighted by Gasteiger charge is -2.11. The van der Waals surface area contributed by atoms with Crippen molar-refractivity contribution in [2.45, 2.75) is 19.9 Å². The number of hydrogen-bond acceptors (Lipinski definition) is 5. The summed E-state index contributed by atoms with van der Waals surface area (Å²) >= 11 is 0. The maximum absolute atomic E-state index is 5.77. The predicted octanol–water partition coefficient (Wildman–Crippen LogP) is 1.77. The maximum Gasteiger partial charge on any atom is 0.335 e. The number of benzene rings is 1. The largest absolute Gasteiger partial charge is 0.490 e. The van der Waals surface area contributed by atoms with Crippen molar-refractivity contribution in [3.8, 4) is 11.8 Å². The normalized spacial score (nSPS) is 10.6. The molecule has 1 aromatic carbocycles. The Morgan fingerprint density at radius 3 is 2.76 bits per heavy atom. The van der Waals surface area contributed by atoms with E-state index < -0.39 is 0 Å². The Hall–Kier alpha value is -2.08. The van der Waals surface area contributed by atoms with Gasteiger partial charge in [-0.2, -0.15) is 4.98 Å². The summed E-state index contributed by atoms with van der Waals surface area (Å²) in [6.07, 6.45) is 2.72. The summed E-state index contributed by atoms with van der Waals surface area (Å²) in [5.74, 6) is 0.888. The fraction of sp³-hybridized carbons (Fsp3) is 0.467. The second-order valence-electron chi connectivity index (χ2n) is 4.68. The van der Waals surface area contributed by atoms with Crippen LogP contribution in [0.5, 0.6) is 11.8 Å². The molecule has 2 aromatic rings. The molecule has 1 N–H and O–H groups in total. The van der Waals surface area contributed by atoms with Crippen molar-refractivity contribution in [2.24, 2.45) is 7.05 Å². The fourth-order valence-electron chi connectivity index (χ4n) is 1.86. The van der Waals surface area contributed by atoms with Gasteiger partial charge in [0.25, 0.3) is 0 Å². The van der Waals surface area contributed by atoms with Crippen LogP contribution in [-0.2, 0) is 13.6 Å². The van der Waals surface area contributed by atoms with Gasteiger partial charge in [0.05, 0.1) is 0 Å². The molecule has 21 heavy (non-hydrogen) atoms. The van der Waals surface area contributed by atoms with Gasteiger partial charge in [-0.25, -0.2) is 0 Å². The average Bonchev–Trinajstić information content (AvgIpc) is 2.91. The Bertz CT molecular complexity index is 542. The van der Waals surface area contributed by atoms with E-state index in [0.717, 1.165) is 30.8 Å². The van der Waals surface area contributed by atoms with Gasteiger partial charge >= 0.3 is 6.01 Å². The van der Waals surface area contributed by atoms with E-state index in [1.54, 1.807) is 18.1 Å². The van der Waals surface area contributed by atoms with E-state index in [1.807, 2.05) is 18.2 Å². The Kier molecular flexibility index (Phi) is 6.02. The highest BCUT2D eigenvalue weighted by atomic mass is 16.5. The zero-order chi connectivity index (χ0) is 14.9. The SMILES string of the molecule is CCCNCc1ccccc1OCCOc1ncn(C)n1. The molecule has 0 aliphatic carbocycles. The molecule has 114 valence electrons. The minimum Gasteiger partial charge on any atom is -0.490 e. The Labute approximate surface area is 125 Å². The van der Waals surface area contributed by atoms with Crippen LogP contribution in [0.1, 0.15) is 18.9 Å². The van der Waals surface area contributed by atoms with Crippen molar-refractivity contribution in [1.29, 1.82) is 0 Å². The number of aryl methyl sites for hydroxylation is 1. The predicted molar refractivity (Wildman–Crippen MR) is 80.4 cm³/mol. The maximum atomic E-state index is 5.77. The number of rotatable bonds is 9. The number of para-hydroxylation sites is 1. The van der Waals surface area contributed by atoms with Crippen molar-refractivity contribution >= 4 is 0 Å². The van der Waals surface area contributed by atoms with Gasteiger partial charge in [0.1, 0.15) is 25.3 Å². The fourth-order valence-corrected chi connectivity index (χ4v) is 1.86. The Morgan fingerprint density at radius 2 is 2.00 bits per heavy atom. The highest BCUT2D eigenvalue weighted by molar-refractivity contribution is 5.33. The molecule has 0 saturated heterocycles. The van der Waals surface area contributed by atoms with Crippen LogP contribution < -0.4 is 14.8 Å². The second-order valence-corrected chi connectivity index (χ2v) is 4.68. The summed E-state index contributed by atoms with van der Waals surface area (Å²) in [5.41, 5.74) is 1.15. The molecule has 0 unspecified atom stereocenters. The molecule has 0 radical (unpaired) electrons. The minimum absolute atomic E-state index is 0.374. The standard InChI is InChI=1S/C15H22N4O2/c1-3-8-16-11-13-6-4-5-7-14(13)20-9-10-21-15-17-12-19(2)18-15/h4-7,12,16H,3,8-11H2,1-2H3. The average molecular weight is 290 g/mol. The third kappa shape index (κ3) is 5.07. The second kappa shape index (κ2) is 8.26. The minimum atomic E-state index is 0.374. The summed E-state index contributed by atoms with van der Waals surface area (Å²) in [7, 11) is 1.80. The van der Waals surface area contributed by atoms with E-state index in [9.17, 15) is 0 Å². The molecule has 0 atom stereocenters. The first-order chi connectivity index (χ1) is 10.3. The van der Waals surface area contributed by atoms with Crippen molar-refractivity contribution in [3.05, 3.63) is 36.2 Å². The molecule has 1 heterocycles. The number of nitrogens with zero attached hydrogens (tertiary/aromatic N) is 3. The van der Waals surface area contributed by atoms with E-state index in [2.05, 4.69) is 28.4 Å². The Morgan fingerprint density at radius 1 is 1.19 bits per heavy atom. The van der Waals surface area contributed by atoms with Crippen LogP contribution >= 0.6 is 0 Å². The highest BCUT2D eigenvalue weighted by Gasteiger charge is 2.03. The quantitative estimate of drug-likeness (QED) is 0.713.